The molecule has 0 heterocycles. The quantitative estimate of drug-likeness (QED) is 0.815. The number of halogens is 2. The molecule has 1 atom stereocenters. The molecular formula is C13H18BrClO. The van der Waals surface area contributed by atoms with Gasteiger partial charge in [-0.05, 0) is 36.1 Å². The number of aliphatic hydroxyl groups excluding tert-OH is 1. The fraction of sp³-hybridized carbons (Fsp3) is 0.538. The van der Waals surface area contributed by atoms with Crippen molar-refractivity contribution in [2.45, 2.75) is 39.2 Å². The van der Waals surface area contributed by atoms with E-state index in [0.717, 1.165) is 29.3 Å². The number of hydrogen-bond donors (Lipinski definition) is 1. The second-order valence-corrected chi connectivity index (χ2v) is 5.90. The van der Waals surface area contributed by atoms with E-state index in [2.05, 4.69) is 29.8 Å². The van der Waals surface area contributed by atoms with Gasteiger partial charge in [-0.15, -0.1) is 0 Å². The van der Waals surface area contributed by atoms with Crippen molar-refractivity contribution in [2.75, 3.05) is 0 Å². The lowest BCUT2D eigenvalue weighted by atomic mass is 10.0. The van der Waals surface area contributed by atoms with E-state index in [1.54, 1.807) is 0 Å². The summed E-state index contributed by atoms with van der Waals surface area (Å²) in [7, 11) is 0. The van der Waals surface area contributed by atoms with Gasteiger partial charge in [0.1, 0.15) is 0 Å². The Labute approximate surface area is 111 Å². The Bertz CT molecular complexity index is 318. The molecule has 1 nitrogen and oxygen atoms in total. The summed E-state index contributed by atoms with van der Waals surface area (Å²) in [5.74, 6) is 0.693. The average molecular weight is 306 g/mol. The zero-order valence-electron chi connectivity index (χ0n) is 9.71. The second kappa shape index (κ2) is 6.63. The van der Waals surface area contributed by atoms with E-state index in [1.165, 1.54) is 0 Å². The Morgan fingerprint density at radius 1 is 1.25 bits per heavy atom. The highest BCUT2D eigenvalue weighted by molar-refractivity contribution is 9.10. The van der Waals surface area contributed by atoms with Gasteiger partial charge in [0.15, 0.2) is 0 Å². The van der Waals surface area contributed by atoms with E-state index < -0.39 is 6.10 Å². The topological polar surface area (TPSA) is 20.2 Å². The number of aliphatic hydroxyl groups is 1. The minimum absolute atomic E-state index is 0.409. The van der Waals surface area contributed by atoms with E-state index in [-0.39, 0.29) is 0 Å². The van der Waals surface area contributed by atoms with Crippen LogP contribution in [-0.4, -0.2) is 5.11 Å². The average Bonchev–Trinajstić information content (AvgIpc) is 2.15. The van der Waals surface area contributed by atoms with Crippen LogP contribution in [0.5, 0.6) is 0 Å². The Balaban J connectivity index is 2.55. The normalized spacial score (nSPS) is 13.1. The maximum absolute atomic E-state index is 10.0. The molecule has 0 spiro atoms. The molecule has 0 aromatic heterocycles. The highest BCUT2D eigenvalue weighted by Gasteiger charge is 2.09. The van der Waals surface area contributed by atoms with Crippen LogP contribution in [0.15, 0.2) is 22.7 Å². The summed E-state index contributed by atoms with van der Waals surface area (Å²) in [6.45, 7) is 4.39. The first-order chi connectivity index (χ1) is 7.49. The lowest BCUT2D eigenvalue weighted by Crippen LogP contribution is -1.99. The smallest absolute Gasteiger partial charge is 0.0791 e. The Morgan fingerprint density at radius 2 is 1.94 bits per heavy atom. The van der Waals surface area contributed by atoms with Gasteiger partial charge in [-0.2, -0.15) is 0 Å². The molecule has 0 amide bonds. The molecule has 90 valence electrons. The van der Waals surface area contributed by atoms with Crippen molar-refractivity contribution in [3.05, 3.63) is 33.3 Å². The monoisotopic (exact) mass is 304 g/mol. The molecular weight excluding hydrogens is 287 g/mol. The van der Waals surface area contributed by atoms with E-state index in [1.807, 2.05) is 18.2 Å². The van der Waals surface area contributed by atoms with Crippen molar-refractivity contribution >= 4 is 27.5 Å². The van der Waals surface area contributed by atoms with Crippen molar-refractivity contribution in [2.24, 2.45) is 5.92 Å². The van der Waals surface area contributed by atoms with Crippen LogP contribution in [0.3, 0.4) is 0 Å². The molecule has 1 aromatic carbocycles. The Morgan fingerprint density at radius 3 is 2.50 bits per heavy atom. The van der Waals surface area contributed by atoms with E-state index in [4.69, 9.17) is 11.6 Å². The van der Waals surface area contributed by atoms with Crippen LogP contribution in [0.2, 0.25) is 5.02 Å². The van der Waals surface area contributed by atoms with Crippen LogP contribution >= 0.6 is 27.5 Å². The van der Waals surface area contributed by atoms with Gasteiger partial charge >= 0.3 is 0 Å². The fourth-order valence-electron chi connectivity index (χ4n) is 1.65. The standard InChI is InChI=1S/C13H18BrClO/c1-9(2)4-3-5-13(16)10-6-11(14)8-12(15)7-10/h6-9,13,16H,3-5H2,1-2H3. The van der Waals surface area contributed by atoms with Crippen LogP contribution in [0, 0.1) is 5.92 Å². The first-order valence-electron chi connectivity index (χ1n) is 5.63. The molecule has 0 aliphatic rings. The third-order valence-electron chi connectivity index (χ3n) is 2.53. The zero-order valence-corrected chi connectivity index (χ0v) is 12.1. The maximum Gasteiger partial charge on any atom is 0.0791 e. The Kier molecular flexibility index (Phi) is 5.81. The first-order valence-corrected chi connectivity index (χ1v) is 6.80. The van der Waals surface area contributed by atoms with Gasteiger partial charge in [-0.3, -0.25) is 0 Å². The lowest BCUT2D eigenvalue weighted by Gasteiger charge is -2.12. The molecule has 0 fully saturated rings. The maximum atomic E-state index is 10.0. The van der Waals surface area contributed by atoms with Gasteiger partial charge in [-0.1, -0.05) is 54.2 Å². The molecule has 1 rings (SSSR count). The molecule has 16 heavy (non-hydrogen) atoms. The molecule has 0 saturated carbocycles. The molecule has 0 aliphatic carbocycles. The van der Waals surface area contributed by atoms with Gasteiger partial charge in [0.2, 0.25) is 0 Å². The molecule has 1 N–H and O–H groups in total. The van der Waals surface area contributed by atoms with Crippen molar-refractivity contribution in [1.82, 2.24) is 0 Å². The predicted molar refractivity (Wildman–Crippen MR) is 72.8 cm³/mol. The van der Waals surface area contributed by atoms with Gasteiger partial charge in [0.25, 0.3) is 0 Å². The van der Waals surface area contributed by atoms with Crippen molar-refractivity contribution in [3.8, 4) is 0 Å². The molecule has 0 aliphatic heterocycles. The third kappa shape index (κ3) is 4.86. The highest BCUT2D eigenvalue weighted by Crippen LogP contribution is 2.26. The summed E-state index contributed by atoms with van der Waals surface area (Å²) in [5.41, 5.74) is 0.892. The summed E-state index contributed by atoms with van der Waals surface area (Å²) in [6, 6.07) is 5.57. The first kappa shape index (κ1) is 14.0. The summed E-state index contributed by atoms with van der Waals surface area (Å²) in [4.78, 5) is 0. The van der Waals surface area contributed by atoms with Gasteiger partial charge in [-0.25, -0.2) is 0 Å². The van der Waals surface area contributed by atoms with Crippen molar-refractivity contribution in [3.63, 3.8) is 0 Å². The molecule has 0 radical (unpaired) electrons. The van der Waals surface area contributed by atoms with Crippen molar-refractivity contribution in [1.29, 1.82) is 0 Å². The summed E-state index contributed by atoms with van der Waals surface area (Å²) >= 11 is 9.31. The van der Waals surface area contributed by atoms with Gasteiger partial charge in [0, 0.05) is 9.50 Å². The number of rotatable bonds is 5. The van der Waals surface area contributed by atoms with Crippen LogP contribution in [-0.2, 0) is 0 Å². The van der Waals surface area contributed by atoms with Gasteiger partial charge in [0.05, 0.1) is 6.10 Å². The summed E-state index contributed by atoms with van der Waals surface area (Å²) in [5, 5.41) is 10.7. The van der Waals surface area contributed by atoms with E-state index in [9.17, 15) is 5.11 Å². The molecule has 0 saturated heterocycles. The summed E-state index contributed by atoms with van der Waals surface area (Å²) in [6.07, 6.45) is 2.58. The number of hydrogen-bond acceptors (Lipinski definition) is 1. The molecule has 1 aromatic rings. The fourth-order valence-corrected chi connectivity index (χ4v) is 2.54. The zero-order chi connectivity index (χ0) is 12.1. The largest absolute Gasteiger partial charge is 0.388 e. The van der Waals surface area contributed by atoms with Crippen molar-refractivity contribution < 1.29 is 5.11 Å². The third-order valence-corrected chi connectivity index (χ3v) is 3.20. The van der Waals surface area contributed by atoms with Crippen LogP contribution in [0.25, 0.3) is 0 Å². The predicted octanol–water partition coefficient (Wildman–Crippen LogP) is 4.96. The minimum Gasteiger partial charge on any atom is -0.388 e. The minimum atomic E-state index is -0.409. The number of benzene rings is 1. The van der Waals surface area contributed by atoms with E-state index in [0.29, 0.717) is 10.9 Å². The summed E-state index contributed by atoms with van der Waals surface area (Å²) < 4.78 is 0.915. The Hall–Kier alpha value is -0.0500. The highest BCUT2D eigenvalue weighted by atomic mass is 79.9. The molecule has 0 bridgehead atoms. The van der Waals surface area contributed by atoms with Gasteiger partial charge < -0.3 is 5.11 Å². The lowest BCUT2D eigenvalue weighted by molar-refractivity contribution is 0.162. The second-order valence-electron chi connectivity index (χ2n) is 4.54. The van der Waals surface area contributed by atoms with Crippen LogP contribution in [0.1, 0.15) is 44.8 Å². The molecule has 1 unspecified atom stereocenters. The van der Waals surface area contributed by atoms with E-state index >= 15 is 0 Å². The van der Waals surface area contributed by atoms with Crippen LogP contribution in [0.4, 0.5) is 0 Å². The van der Waals surface area contributed by atoms with Crippen LogP contribution < -0.4 is 0 Å². The molecule has 3 heteroatoms. The SMILES string of the molecule is CC(C)CCCC(O)c1cc(Cl)cc(Br)c1.